The molecule has 31 heavy (non-hydrogen) atoms. The van der Waals surface area contributed by atoms with Crippen molar-refractivity contribution in [2.45, 2.75) is 33.4 Å². The molecule has 6 nitrogen and oxygen atoms in total. The molecule has 0 radical (unpaired) electrons. The lowest BCUT2D eigenvalue weighted by atomic mass is 10.1. The summed E-state index contributed by atoms with van der Waals surface area (Å²) in [5, 5.41) is 6.10. The summed E-state index contributed by atoms with van der Waals surface area (Å²) in [6.45, 7) is 12.1. The van der Waals surface area contributed by atoms with E-state index >= 15 is 0 Å². The van der Waals surface area contributed by atoms with Crippen LogP contribution in [0.1, 0.15) is 29.9 Å². The number of anilines is 1. The number of thiophene rings is 1. The average molecular weight is 437 g/mol. The van der Waals surface area contributed by atoms with Gasteiger partial charge in [-0.15, -0.1) is 11.3 Å². The Kier molecular flexibility index (Phi) is 5.87. The van der Waals surface area contributed by atoms with Crippen LogP contribution >= 0.6 is 11.3 Å². The summed E-state index contributed by atoms with van der Waals surface area (Å²) < 4.78 is 2.06. The molecule has 3 aromatic rings. The number of aryl methyl sites for hydroxylation is 1. The predicted molar refractivity (Wildman–Crippen MR) is 127 cm³/mol. The van der Waals surface area contributed by atoms with Gasteiger partial charge in [0.25, 0.3) is 5.91 Å². The van der Waals surface area contributed by atoms with Gasteiger partial charge in [0.15, 0.2) is 0 Å². The van der Waals surface area contributed by atoms with Gasteiger partial charge in [0.1, 0.15) is 10.5 Å². The maximum atomic E-state index is 13.4. The molecule has 1 atom stereocenters. The van der Waals surface area contributed by atoms with Crippen LogP contribution in [0, 0.1) is 6.92 Å². The number of aromatic nitrogens is 1. The zero-order valence-corrected chi connectivity index (χ0v) is 19.0. The van der Waals surface area contributed by atoms with E-state index in [0.29, 0.717) is 31.9 Å². The molecule has 1 fully saturated rings. The lowest BCUT2D eigenvalue weighted by molar-refractivity contribution is 0.0583. The van der Waals surface area contributed by atoms with Gasteiger partial charge in [-0.1, -0.05) is 24.3 Å². The van der Waals surface area contributed by atoms with Crippen LogP contribution in [0.2, 0.25) is 0 Å². The third kappa shape index (κ3) is 4.37. The highest BCUT2D eigenvalue weighted by Gasteiger charge is 2.31. The van der Waals surface area contributed by atoms with E-state index in [1.165, 1.54) is 0 Å². The number of piperazine rings is 1. The zero-order chi connectivity index (χ0) is 22.1. The number of hydrogen-bond acceptors (Lipinski definition) is 3. The Morgan fingerprint density at radius 2 is 2.03 bits per heavy atom. The Morgan fingerprint density at radius 1 is 1.23 bits per heavy atom. The van der Waals surface area contributed by atoms with Gasteiger partial charge >= 0.3 is 6.03 Å². The van der Waals surface area contributed by atoms with Crippen molar-refractivity contribution >= 4 is 39.2 Å². The standard InChI is InChI=1S/C24H28N4O2S/c1-16(2)14-28-21(13-19-8-11-31-23(19)28)22(29)26-9-10-27(18(4)15-26)24(30)25-20-7-5-6-17(3)12-20/h5-8,11-13,18H,1,9-10,14-15H2,2-4H3,(H,25,30). The lowest BCUT2D eigenvalue weighted by Crippen LogP contribution is -2.56. The minimum atomic E-state index is -0.128. The van der Waals surface area contributed by atoms with E-state index in [4.69, 9.17) is 0 Å². The molecule has 1 aliphatic rings. The number of allylic oxidation sites excluding steroid dienone is 1. The maximum Gasteiger partial charge on any atom is 0.322 e. The monoisotopic (exact) mass is 436 g/mol. The third-order valence-electron chi connectivity index (χ3n) is 5.59. The quantitative estimate of drug-likeness (QED) is 0.588. The summed E-state index contributed by atoms with van der Waals surface area (Å²) in [5.41, 5.74) is 3.58. The fourth-order valence-corrected chi connectivity index (χ4v) is 5.00. The van der Waals surface area contributed by atoms with Crippen molar-refractivity contribution in [1.29, 1.82) is 0 Å². The first-order chi connectivity index (χ1) is 14.8. The molecular weight excluding hydrogens is 408 g/mol. The van der Waals surface area contributed by atoms with Gasteiger partial charge in [-0.25, -0.2) is 4.79 Å². The molecule has 1 aromatic carbocycles. The highest BCUT2D eigenvalue weighted by atomic mass is 32.1. The van der Waals surface area contributed by atoms with Crippen molar-refractivity contribution in [3.8, 4) is 0 Å². The van der Waals surface area contributed by atoms with Crippen LogP contribution < -0.4 is 5.32 Å². The molecule has 0 spiro atoms. The molecule has 1 N–H and O–H groups in total. The molecule has 0 bridgehead atoms. The van der Waals surface area contributed by atoms with Gasteiger partial charge in [-0.3, -0.25) is 4.79 Å². The number of hydrogen-bond donors (Lipinski definition) is 1. The second-order valence-electron chi connectivity index (χ2n) is 8.35. The Labute approximate surface area is 186 Å². The topological polar surface area (TPSA) is 57.6 Å². The first-order valence-corrected chi connectivity index (χ1v) is 11.4. The summed E-state index contributed by atoms with van der Waals surface area (Å²) in [7, 11) is 0. The molecule has 1 unspecified atom stereocenters. The number of urea groups is 1. The first kappa shape index (κ1) is 21.2. The summed E-state index contributed by atoms with van der Waals surface area (Å²) in [6.07, 6.45) is 0. The number of nitrogens with one attached hydrogen (secondary N) is 1. The second-order valence-corrected chi connectivity index (χ2v) is 9.24. The van der Waals surface area contributed by atoms with E-state index in [0.717, 1.165) is 27.0 Å². The minimum Gasteiger partial charge on any atom is -0.334 e. The molecule has 7 heteroatoms. The largest absolute Gasteiger partial charge is 0.334 e. The van der Waals surface area contributed by atoms with Crippen molar-refractivity contribution in [1.82, 2.24) is 14.4 Å². The molecule has 4 rings (SSSR count). The normalized spacial score (nSPS) is 16.5. The number of nitrogens with zero attached hydrogens (tertiary/aromatic N) is 3. The van der Waals surface area contributed by atoms with E-state index in [-0.39, 0.29) is 18.0 Å². The van der Waals surface area contributed by atoms with Gasteiger partial charge in [0, 0.05) is 43.3 Å². The van der Waals surface area contributed by atoms with Crippen LogP contribution in [-0.4, -0.2) is 52.0 Å². The molecule has 3 amide bonds. The molecule has 0 aliphatic carbocycles. The first-order valence-electron chi connectivity index (χ1n) is 10.5. The average Bonchev–Trinajstić information content (AvgIpc) is 3.29. The molecule has 2 aromatic heterocycles. The highest BCUT2D eigenvalue weighted by molar-refractivity contribution is 7.16. The van der Waals surface area contributed by atoms with Crippen LogP contribution in [0.4, 0.5) is 10.5 Å². The molecule has 0 saturated carbocycles. The van der Waals surface area contributed by atoms with Gasteiger partial charge in [0.2, 0.25) is 0 Å². The molecule has 1 saturated heterocycles. The number of fused-ring (bicyclic) bond motifs is 1. The molecule has 3 heterocycles. The second kappa shape index (κ2) is 8.59. The third-order valence-corrected chi connectivity index (χ3v) is 6.55. The van der Waals surface area contributed by atoms with E-state index in [9.17, 15) is 9.59 Å². The van der Waals surface area contributed by atoms with Crippen molar-refractivity contribution in [2.24, 2.45) is 0 Å². The van der Waals surface area contributed by atoms with E-state index in [1.807, 2.05) is 67.4 Å². The summed E-state index contributed by atoms with van der Waals surface area (Å²) >= 11 is 1.64. The van der Waals surface area contributed by atoms with E-state index in [2.05, 4.69) is 16.5 Å². The number of rotatable bonds is 4. The lowest BCUT2D eigenvalue weighted by Gasteiger charge is -2.39. The van der Waals surface area contributed by atoms with Crippen LogP contribution in [0.15, 0.2) is 53.9 Å². The molecular formula is C24H28N4O2S. The summed E-state index contributed by atoms with van der Waals surface area (Å²) in [4.78, 5) is 30.9. The van der Waals surface area contributed by atoms with Gasteiger partial charge in [-0.2, -0.15) is 0 Å². The SMILES string of the molecule is C=C(C)Cn1c(C(=O)N2CCN(C(=O)Nc3cccc(C)c3)C(C)C2)cc2ccsc21. The van der Waals surface area contributed by atoms with Crippen LogP contribution in [0.5, 0.6) is 0 Å². The summed E-state index contributed by atoms with van der Waals surface area (Å²) in [5.74, 6) is 0.00948. The number of carbonyl (C=O) groups is 2. The Balaban J connectivity index is 1.47. The molecule has 162 valence electrons. The fraction of sp³-hybridized carbons (Fsp3) is 0.333. The summed E-state index contributed by atoms with van der Waals surface area (Å²) in [6, 6.07) is 11.6. The molecule has 1 aliphatic heterocycles. The minimum absolute atomic E-state index is 0.00948. The van der Waals surface area contributed by atoms with Crippen molar-refractivity contribution in [2.75, 3.05) is 25.0 Å². The van der Waals surface area contributed by atoms with E-state index < -0.39 is 0 Å². The Bertz CT molecular complexity index is 1150. The van der Waals surface area contributed by atoms with E-state index in [1.54, 1.807) is 16.2 Å². The maximum absolute atomic E-state index is 13.4. The zero-order valence-electron chi connectivity index (χ0n) is 18.2. The Hall–Kier alpha value is -3.06. The van der Waals surface area contributed by atoms with Crippen LogP contribution in [0.25, 0.3) is 10.2 Å². The van der Waals surface area contributed by atoms with Crippen LogP contribution in [0.3, 0.4) is 0 Å². The Morgan fingerprint density at radius 3 is 2.74 bits per heavy atom. The fourth-order valence-electron chi connectivity index (χ4n) is 4.10. The number of carbonyl (C=O) groups excluding carboxylic acids is 2. The van der Waals surface area contributed by atoms with Gasteiger partial charge in [0.05, 0.1) is 0 Å². The smallest absolute Gasteiger partial charge is 0.322 e. The number of benzene rings is 1. The predicted octanol–water partition coefficient (Wildman–Crippen LogP) is 4.97. The van der Waals surface area contributed by atoms with Gasteiger partial charge < -0.3 is 19.7 Å². The highest BCUT2D eigenvalue weighted by Crippen LogP contribution is 2.27. The van der Waals surface area contributed by atoms with Crippen molar-refractivity contribution < 1.29 is 9.59 Å². The van der Waals surface area contributed by atoms with Crippen molar-refractivity contribution in [3.05, 3.63) is 65.2 Å². The van der Waals surface area contributed by atoms with Crippen molar-refractivity contribution in [3.63, 3.8) is 0 Å². The number of amides is 3. The van der Waals surface area contributed by atoms with Crippen LogP contribution in [-0.2, 0) is 6.54 Å². The van der Waals surface area contributed by atoms with Gasteiger partial charge in [-0.05, 0) is 56.0 Å².